The Morgan fingerprint density at radius 2 is 1.86 bits per heavy atom. The summed E-state index contributed by atoms with van der Waals surface area (Å²) in [7, 11) is 0. The molecule has 0 N–H and O–H groups in total. The molecule has 1 aliphatic rings. The zero-order valence-electron chi connectivity index (χ0n) is 15.7. The molecule has 0 aliphatic carbocycles. The van der Waals surface area contributed by atoms with E-state index < -0.39 is 0 Å². The molecule has 0 saturated carbocycles. The number of carbonyl (C=O) groups excluding carboxylic acids is 1. The van der Waals surface area contributed by atoms with Crippen LogP contribution in [0.5, 0.6) is 0 Å². The van der Waals surface area contributed by atoms with Crippen molar-refractivity contribution in [1.29, 1.82) is 0 Å². The number of nitrogens with zero attached hydrogens (tertiary/aromatic N) is 3. The van der Waals surface area contributed by atoms with E-state index in [-0.39, 0.29) is 11.5 Å². The van der Waals surface area contributed by atoms with Gasteiger partial charge in [-0.15, -0.1) is 0 Å². The van der Waals surface area contributed by atoms with Gasteiger partial charge in [0, 0.05) is 31.3 Å². The van der Waals surface area contributed by atoms with Gasteiger partial charge in [0.1, 0.15) is 0 Å². The largest absolute Gasteiger partial charge is 0.342 e. The third kappa shape index (κ3) is 4.39. The smallest absolute Gasteiger partial charge is 0.266 e. The van der Waals surface area contributed by atoms with Gasteiger partial charge in [0.05, 0.1) is 12.1 Å². The summed E-state index contributed by atoms with van der Waals surface area (Å²) in [6.07, 6.45) is 2.28. The van der Waals surface area contributed by atoms with Crippen LogP contribution in [0.2, 0.25) is 0 Å². The van der Waals surface area contributed by atoms with E-state index in [9.17, 15) is 9.59 Å². The zero-order valence-corrected chi connectivity index (χ0v) is 16.5. The maximum atomic E-state index is 12.4. The van der Waals surface area contributed by atoms with Crippen LogP contribution in [0.4, 0.5) is 0 Å². The molecule has 0 bridgehead atoms. The van der Waals surface area contributed by atoms with Crippen molar-refractivity contribution in [2.75, 3.05) is 13.1 Å². The Morgan fingerprint density at radius 1 is 1.07 bits per heavy atom. The van der Waals surface area contributed by atoms with Crippen molar-refractivity contribution in [3.8, 4) is 11.3 Å². The quantitative estimate of drug-likeness (QED) is 0.667. The number of thiophene rings is 1. The minimum absolute atomic E-state index is 0.0735. The molecule has 1 saturated heterocycles. The van der Waals surface area contributed by atoms with Gasteiger partial charge in [-0.2, -0.15) is 16.4 Å². The Kier molecular flexibility index (Phi) is 5.67. The summed E-state index contributed by atoms with van der Waals surface area (Å²) in [4.78, 5) is 26.7. The summed E-state index contributed by atoms with van der Waals surface area (Å²) < 4.78 is 1.58. The number of carbonyl (C=O) groups is 1. The van der Waals surface area contributed by atoms with Crippen molar-refractivity contribution in [3.63, 3.8) is 0 Å². The van der Waals surface area contributed by atoms with E-state index >= 15 is 0 Å². The lowest BCUT2D eigenvalue weighted by molar-refractivity contribution is -0.131. The zero-order chi connectivity index (χ0) is 19.3. The highest BCUT2D eigenvalue weighted by Crippen LogP contribution is 2.20. The van der Waals surface area contributed by atoms with Crippen LogP contribution in [-0.4, -0.2) is 33.7 Å². The van der Waals surface area contributed by atoms with Crippen molar-refractivity contribution in [1.82, 2.24) is 14.7 Å². The van der Waals surface area contributed by atoms with Gasteiger partial charge in [-0.25, -0.2) is 4.68 Å². The summed E-state index contributed by atoms with van der Waals surface area (Å²) >= 11 is 1.62. The molecule has 0 spiro atoms. The molecule has 1 fully saturated rings. The van der Waals surface area contributed by atoms with E-state index in [0.29, 0.717) is 18.9 Å². The van der Waals surface area contributed by atoms with Crippen molar-refractivity contribution < 1.29 is 4.79 Å². The summed E-state index contributed by atoms with van der Waals surface area (Å²) in [5.74, 6) is 0.555. The third-order valence-corrected chi connectivity index (χ3v) is 6.00. The SMILES string of the molecule is O=C(Cc1ccsc1)N1CCC(Cn2nc(-c3ccccc3)ccc2=O)CC1. The van der Waals surface area contributed by atoms with Gasteiger partial charge in [0.2, 0.25) is 5.91 Å². The maximum absolute atomic E-state index is 12.4. The molecule has 1 aromatic carbocycles. The molecule has 6 heteroatoms. The van der Waals surface area contributed by atoms with Crippen molar-refractivity contribution in [2.45, 2.75) is 25.8 Å². The molecule has 4 rings (SSSR count). The Hall–Kier alpha value is -2.73. The number of amides is 1. The second-order valence-electron chi connectivity index (χ2n) is 7.24. The number of aromatic nitrogens is 2. The Labute approximate surface area is 168 Å². The van der Waals surface area contributed by atoms with Crippen LogP contribution in [0.15, 0.2) is 64.1 Å². The highest BCUT2D eigenvalue weighted by Gasteiger charge is 2.23. The van der Waals surface area contributed by atoms with Gasteiger partial charge in [0.15, 0.2) is 0 Å². The molecule has 28 heavy (non-hydrogen) atoms. The predicted molar refractivity (Wildman–Crippen MR) is 111 cm³/mol. The lowest BCUT2D eigenvalue weighted by Gasteiger charge is -2.32. The Bertz CT molecular complexity index is 975. The molecule has 0 radical (unpaired) electrons. The normalized spacial score (nSPS) is 14.9. The second-order valence-corrected chi connectivity index (χ2v) is 8.02. The summed E-state index contributed by atoms with van der Waals surface area (Å²) in [6, 6.07) is 15.3. The second kappa shape index (κ2) is 8.52. The third-order valence-electron chi connectivity index (χ3n) is 5.27. The van der Waals surface area contributed by atoms with E-state index in [0.717, 1.165) is 42.8 Å². The molecule has 1 aliphatic heterocycles. The van der Waals surface area contributed by atoms with Crippen molar-refractivity contribution >= 4 is 17.2 Å². The number of rotatable bonds is 5. The van der Waals surface area contributed by atoms with E-state index in [4.69, 9.17) is 0 Å². The minimum atomic E-state index is -0.0735. The van der Waals surface area contributed by atoms with Gasteiger partial charge in [-0.1, -0.05) is 30.3 Å². The summed E-state index contributed by atoms with van der Waals surface area (Å²) in [6.45, 7) is 2.10. The average Bonchev–Trinajstić information content (AvgIpc) is 3.24. The number of piperidine rings is 1. The van der Waals surface area contributed by atoms with E-state index in [2.05, 4.69) is 5.10 Å². The highest BCUT2D eigenvalue weighted by molar-refractivity contribution is 7.08. The molecule has 0 atom stereocenters. The molecule has 144 valence electrons. The van der Waals surface area contributed by atoms with Crippen LogP contribution >= 0.6 is 11.3 Å². The van der Waals surface area contributed by atoms with E-state index in [1.807, 2.05) is 52.1 Å². The Morgan fingerprint density at radius 3 is 2.57 bits per heavy atom. The van der Waals surface area contributed by atoms with E-state index in [1.165, 1.54) is 0 Å². The van der Waals surface area contributed by atoms with Crippen LogP contribution in [-0.2, 0) is 17.8 Å². The summed E-state index contributed by atoms with van der Waals surface area (Å²) in [5.41, 5.74) is 2.83. The van der Waals surface area contributed by atoms with Crippen LogP contribution in [0.3, 0.4) is 0 Å². The number of hydrogen-bond donors (Lipinski definition) is 0. The fourth-order valence-corrected chi connectivity index (χ4v) is 4.30. The molecule has 5 nitrogen and oxygen atoms in total. The first-order valence-corrected chi connectivity index (χ1v) is 10.6. The lowest BCUT2D eigenvalue weighted by atomic mass is 9.96. The number of hydrogen-bond acceptors (Lipinski definition) is 4. The molecule has 1 amide bonds. The van der Waals surface area contributed by atoms with Crippen molar-refractivity contribution in [3.05, 3.63) is 75.2 Å². The summed E-state index contributed by atoms with van der Waals surface area (Å²) in [5, 5.41) is 8.60. The van der Waals surface area contributed by atoms with Gasteiger partial charge >= 0.3 is 0 Å². The first-order chi connectivity index (χ1) is 13.7. The first kappa shape index (κ1) is 18.6. The fraction of sp³-hybridized carbons (Fsp3) is 0.318. The number of benzene rings is 1. The standard InChI is InChI=1S/C22H23N3O2S/c26-21-7-6-20(19-4-2-1-3-5-19)23-25(21)15-17-8-11-24(12-9-17)22(27)14-18-10-13-28-16-18/h1-7,10,13,16-17H,8-9,11-12,14-15H2. The monoisotopic (exact) mass is 393 g/mol. The van der Waals surface area contributed by atoms with Crippen LogP contribution in [0.25, 0.3) is 11.3 Å². The fourth-order valence-electron chi connectivity index (χ4n) is 3.63. The molecule has 3 aromatic rings. The van der Waals surface area contributed by atoms with Gasteiger partial charge in [-0.3, -0.25) is 9.59 Å². The van der Waals surface area contributed by atoms with Gasteiger partial charge in [0.25, 0.3) is 5.56 Å². The molecule has 0 unspecified atom stereocenters. The Balaban J connectivity index is 1.37. The maximum Gasteiger partial charge on any atom is 0.266 e. The average molecular weight is 394 g/mol. The minimum Gasteiger partial charge on any atom is -0.342 e. The lowest BCUT2D eigenvalue weighted by Crippen LogP contribution is -2.41. The van der Waals surface area contributed by atoms with Crippen LogP contribution < -0.4 is 5.56 Å². The van der Waals surface area contributed by atoms with E-state index in [1.54, 1.807) is 28.2 Å². The topological polar surface area (TPSA) is 55.2 Å². The molecule has 3 heterocycles. The molecular weight excluding hydrogens is 370 g/mol. The van der Waals surface area contributed by atoms with Crippen LogP contribution in [0.1, 0.15) is 18.4 Å². The van der Waals surface area contributed by atoms with Crippen LogP contribution in [0, 0.1) is 5.92 Å². The number of likely N-dealkylation sites (tertiary alicyclic amines) is 1. The van der Waals surface area contributed by atoms with Crippen molar-refractivity contribution in [2.24, 2.45) is 5.92 Å². The predicted octanol–water partition coefficient (Wildman–Crippen LogP) is 3.45. The molecule has 2 aromatic heterocycles. The van der Waals surface area contributed by atoms with Gasteiger partial charge in [-0.05, 0) is 47.2 Å². The van der Waals surface area contributed by atoms with Gasteiger partial charge < -0.3 is 4.90 Å². The molecular formula is C22H23N3O2S. The highest BCUT2D eigenvalue weighted by atomic mass is 32.1. The first-order valence-electron chi connectivity index (χ1n) is 9.61.